The van der Waals surface area contributed by atoms with Gasteiger partial charge in [-0.25, -0.2) is 19.9 Å². The third-order valence-electron chi connectivity index (χ3n) is 2.84. The molecule has 0 unspecified atom stereocenters. The van der Waals surface area contributed by atoms with E-state index in [4.69, 9.17) is 4.74 Å². The lowest BCUT2D eigenvalue weighted by atomic mass is 10.5. The van der Waals surface area contributed by atoms with Crippen LogP contribution in [-0.4, -0.2) is 35.7 Å². The first-order valence-electron chi connectivity index (χ1n) is 7.26. The Bertz CT molecular complexity index is 953. The van der Waals surface area contributed by atoms with E-state index in [0.717, 1.165) is 16.4 Å². The Kier molecular flexibility index (Phi) is 5.92. The van der Waals surface area contributed by atoms with Crippen molar-refractivity contribution in [2.45, 2.75) is 33.8 Å². The van der Waals surface area contributed by atoms with Gasteiger partial charge in [0.05, 0.1) is 16.0 Å². The van der Waals surface area contributed by atoms with Gasteiger partial charge >= 0.3 is 5.97 Å². The zero-order valence-electron chi connectivity index (χ0n) is 13.5. The molecule has 3 aromatic heterocycles. The van der Waals surface area contributed by atoms with Crippen molar-refractivity contribution in [3.8, 4) is 0 Å². The standard InChI is InChI=1S/C15H12N6O3S2/c1-10(22)24-9-21-13(23)12(26-15-18-6-3-7-19-15)11(8-20-21)25-14-16-4-2-5-17-14/h2-8H,9H2,1H3. The van der Waals surface area contributed by atoms with E-state index in [9.17, 15) is 9.59 Å². The third-order valence-corrected chi connectivity index (χ3v) is 4.88. The summed E-state index contributed by atoms with van der Waals surface area (Å²) in [6.07, 6.45) is 7.88. The van der Waals surface area contributed by atoms with Crippen molar-refractivity contribution >= 4 is 29.5 Å². The Morgan fingerprint density at radius 1 is 1.04 bits per heavy atom. The van der Waals surface area contributed by atoms with Crippen LogP contribution in [0.15, 0.2) is 68.0 Å². The molecule has 3 aromatic rings. The molecule has 3 heterocycles. The predicted octanol–water partition coefficient (Wildman–Crippen LogP) is 1.65. The fourth-order valence-corrected chi connectivity index (χ4v) is 3.44. The zero-order chi connectivity index (χ0) is 18.4. The van der Waals surface area contributed by atoms with Gasteiger partial charge in [0, 0.05) is 31.7 Å². The highest BCUT2D eigenvalue weighted by Gasteiger charge is 2.17. The minimum atomic E-state index is -0.504. The van der Waals surface area contributed by atoms with Crippen molar-refractivity contribution in [1.29, 1.82) is 0 Å². The van der Waals surface area contributed by atoms with E-state index >= 15 is 0 Å². The van der Waals surface area contributed by atoms with E-state index in [1.165, 1.54) is 24.9 Å². The van der Waals surface area contributed by atoms with E-state index in [0.29, 0.717) is 20.1 Å². The number of carbonyl (C=O) groups excluding carboxylic acids is 1. The molecule has 0 amide bonds. The first-order chi connectivity index (χ1) is 12.6. The molecule has 0 aromatic carbocycles. The maximum absolute atomic E-state index is 12.8. The Labute approximate surface area is 156 Å². The smallest absolute Gasteiger partial charge is 0.304 e. The molecule has 11 heteroatoms. The van der Waals surface area contributed by atoms with Crippen molar-refractivity contribution in [2.24, 2.45) is 0 Å². The van der Waals surface area contributed by atoms with E-state index in [1.807, 2.05) is 0 Å². The number of ether oxygens (including phenoxy) is 1. The Morgan fingerprint density at radius 3 is 2.19 bits per heavy atom. The van der Waals surface area contributed by atoms with Gasteiger partial charge in [-0.15, -0.1) is 0 Å². The molecule has 0 atom stereocenters. The third kappa shape index (κ3) is 4.64. The molecular weight excluding hydrogens is 376 g/mol. The molecule has 0 aliphatic rings. The van der Waals surface area contributed by atoms with Gasteiger partial charge < -0.3 is 4.74 Å². The van der Waals surface area contributed by atoms with E-state index in [-0.39, 0.29) is 6.73 Å². The molecule has 9 nitrogen and oxygen atoms in total. The van der Waals surface area contributed by atoms with Gasteiger partial charge in [-0.05, 0) is 35.7 Å². The van der Waals surface area contributed by atoms with Crippen LogP contribution in [0.5, 0.6) is 0 Å². The van der Waals surface area contributed by atoms with Crippen LogP contribution in [0.1, 0.15) is 6.92 Å². The molecule has 0 saturated heterocycles. The lowest BCUT2D eigenvalue weighted by Gasteiger charge is -2.10. The molecule has 0 aliphatic heterocycles. The summed E-state index contributed by atoms with van der Waals surface area (Å²) in [5, 5.41) is 4.93. The minimum absolute atomic E-state index is 0.274. The van der Waals surface area contributed by atoms with Gasteiger partial charge in [-0.2, -0.15) is 9.78 Å². The lowest BCUT2D eigenvalue weighted by molar-refractivity contribution is -0.145. The predicted molar refractivity (Wildman–Crippen MR) is 92.6 cm³/mol. The highest BCUT2D eigenvalue weighted by molar-refractivity contribution is 8.02. The van der Waals surface area contributed by atoms with Crippen molar-refractivity contribution in [3.63, 3.8) is 0 Å². The van der Waals surface area contributed by atoms with Crippen LogP contribution in [0, 0.1) is 0 Å². The quantitative estimate of drug-likeness (QED) is 0.456. The highest BCUT2D eigenvalue weighted by Crippen LogP contribution is 2.33. The lowest BCUT2D eigenvalue weighted by Crippen LogP contribution is -2.26. The number of nitrogens with zero attached hydrogens (tertiary/aromatic N) is 6. The molecule has 0 fully saturated rings. The maximum Gasteiger partial charge on any atom is 0.304 e. The van der Waals surface area contributed by atoms with Gasteiger partial charge in [0.25, 0.3) is 5.56 Å². The van der Waals surface area contributed by atoms with Crippen molar-refractivity contribution < 1.29 is 9.53 Å². The number of esters is 1. The summed E-state index contributed by atoms with van der Waals surface area (Å²) in [5.41, 5.74) is -0.426. The molecule has 0 aliphatic carbocycles. The number of hydrogen-bond donors (Lipinski definition) is 0. The summed E-state index contributed by atoms with van der Waals surface area (Å²) in [7, 11) is 0. The second-order valence-electron chi connectivity index (χ2n) is 4.67. The second kappa shape index (κ2) is 8.54. The summed E-state index contributed by atoms with van der Waals surface area (Å²) in [4.78, 5) is 41.2. The van der Waals surface area contributed by atoms with Crippen LogP contribution < -0.4 is 5.56 Å². The normalized spacial score (nSPS) is 10.5. The summed E-state index contributed by atoms with van der Waals surface area (Å²) in [6, 6.07) is 3.38. The summed E-state index contributed by atoms with van der Waals surface area (Å²) in [6.45, 7) is 0.986. The zero-order valence-corrected chi connectivity index (χ0v) is 15.1. The van der Waals surface area contributed by atoms with Crippen LogP contribution in [0.3, 0.4) is 0 Å². The largest absolute Gasteiger partial charge is 0.442 e. The first-order valence-corrected chi connectivity index (χ1v) is 8.90. The van der Waals surface area contributed by atoms with Gasteiger partial charge in [-0.3, -0.25) is 9.59 Å². The summed E-state index contributed by atoms with van der Waals surface area (Å²) < 4.78 is 5.92. The molecular formula is C15H12N6O3S2. The monoisotopic (exact) mass is 388 g/mol. The number of hydrogen-bond acceptors (Lipinski definition) is 10. The Morgan fingerprint density at radius 2 is 1.62 bits per heavy atom. The second-order valence-corrected chi connectivity index (χ2v) is 6.66. The SMILES string of the molecule is CC(=O)OCn1ncc(Sc2ncccn2)c(Sc2ncccn2)c1=O. The van der Waals surface area contributed by atoms with Gasteiger partial charge in [0.15, 0.2) is 17.0 Å². The van der Waals surface area contributed by atoms with Gasteiger partial charge in [-0.1, -0.05) is 0 Å². The first kappa shape index (κ1) is 18.0. The van der Waals surface area contributed by atoms with E-state index < -0.39 is 11.5 Å². The van der Waals surface area contributed by atoms with Gasteiger partial charge in [0.1, 0.15) is 0 Å². The Hall–Kier alpha value is -2.79. The van der Waals surface area contributed by atoms with Crippen LogP contribution >= 0.6 is 23.5 Å². The van der Waals surface area contributed by atoms with Gasteiger partial charge in [0.2, 0.25) is 0 Å². The van der Waals surface area contributed by atoms with Crippen LogP contribution in [-0.2, 0) is 16.3 Å². The molecule has 0 N–H and O–H groups in total. The van der Waals surface area contributed by atoms with E-state index in [1.54, 1.807) is 36.9 Å². The topological polar surface area (TPSA) is 113 Å². The molecule has 0 radical (unpaired) electrons. The molecule has 26 heavy (non-hydrogen) atoms. The van der Waals surface area contributed by atoms with Crippen molar-refractivity contribution in [1.82, 2.24) is 29.7 Å². The fraction of sp³-hybridized carbons (Fsp3) is 0.133. The van der Waals surface area contributed by atoms with Crippen molar-refractivity contribution in [2.75, 3.05) is 0 Å². The molecule has 132 valence electrons. The Balaban J connectivity index is 1.98. The summed E-state index contributed by atoms with van der Waals surface area (Å²) in [5.74, 6) is -0.504. The van der Waals surface area contributed by atoms with Crippen LogP contribution in [0.2, 0.25) is 0 Å². The molecule has 3 rings (SSSR count). The van der Waals surface area contributed by atoms with Crippen LogP contribution in [0.25, 0.3) is 0 Å². The van der Waals surface area contributed by atoms with Crippen LogP contribution in [0.4, 0.5) is 0 Å². The fourth-order valence-electron chi connectivity index (χ4n) is 1.73. The number of rotatable bonds is 6. The molecule has 0 saturated carbocycles. The average Bonchev–Trinajstić information content (AvgIpc) is 2.65. The minimum Gasteiger partial charge on any atom is -0.442 e. The molecule has 0 bridgehead atoms. The number of aromatic nitrogens is 6. The molecule has 0 spiro atoms. The maximum atomic E-state index is 12.8. The number of carbonyl (C=O) groups is 1. The highest BCUT2D eigenvalue weighted by atomic mass is 32.2. The van der Waals surface area contributed by atoms with Crippen molar-refractivity contribution in [3.05, 3.63) is 53.5 Å². The summed E-state index contributed by atoms with van der Waals surface area (Å²) >= 11 is 2.29. The van der Waals surface area contributed by atoms with E-state index in [2.05, 4.69) is 25.0 Å². The average molecular weight is 388 g/mol.